The molecule has 0 radical (unpaired) electrons. The predicted octanol–water partition coefficient (Wildman–Crippen LogP) is 1.54. The maximum atomic E-state index is 12.1. The van der Waals surface area contributed by atoms with Gasteiger partial charge in [0, 0.05) is 0 Å². The van der Waals surface area contributed by atoms with Crippen LogP contribution < -0.4 is 10.1 Å². The highest BCUT2D eigenvalue weighted by atomic mass is 19.4. The van der Waals surface area contributed by atoms with Crippen LogP contribution in [-0.2, 0) is 11.2 Å². The van der Waals surface area contributed by atoms with Gasteiger partial charge in [-0.2, -0.15) is 18.4 Å². The van der Waals surface area contributed by atoms with Gasteiger partial charge in [0.05, 0.1) is 17.7 Å². The molecule has 1 amide bonds. The van der Waals surface area contributed by atoms with Crippen LogP contribution in [0.2, 0.25) is 0 Å². The lowest BCUT2D eigenvalue weighted by Gasteiger charge is -2.26. The fourth-order valence-corrected chi connectivity index (χ4v) is 1.82. The van der Waals surface area contributed by atoms with E-state index in [0.29, 0.717) is 16.9 Å². The zero-order chi connectivity index (χ0) is 14.0. The monoisotopic (exact) mass is 270 g/mol. The van der Waals surface area contributed by atoms with Crippen LogP contribution in [0, 0.1) is 11.3 Å². The molecule has 19 heavy (non-hydrogen) atoms. The van der Waals surface area contributed by atoms with E-state index in [1.807, 2.05) is 11.4 Å². The minimum Gasteiger partial charge on any atom is -0.491 e. The van der Waals surface area contributed by atoms with Crippen LogP contribution in [0.1, 0.15) is 11.1 Å². The zero-order valence-electron chi connectivity index (χ0n) is 9.62. The van der Waals surface area contributed by atoms with E-state index in [4.69, 9.17) is 10.00 Å². The number of benzene rings is 1. The third-order valence-electron chi connectivity index (χ3n) is 2.69. The lowest BCUT2D eigenvalue weighted by atomic mass is 10.0. The van der Waals surface area contributed by atoms with Crippen molar-refractivity contribution in [1.29, 1.82) is 5.26 Å². The maximum Gasteiger partial charge on any atom is 0.471 e. The van der Waals surface area contributed by atoms with E-state index in [-0.39, 0.29) is 13.0 Å². The first-order valence-electron chi connectivity index (χ1n) is 5.43. The van der Waals surface area contributed by atoms with Gasteiger partial charge in [-0.3, -0.25) is 4.79 Å². The molecule has 0 bridgehead atoms. The summed E-state index contributed by atoms with van der Waals surface area (Å²) >= 11 is 0. The first-order valence-corrected chi connectivity index (χ1v) is 5.43. The number of alkyl halides is 3. The van der Waals surface area contributed by atoms with Gasteiger partial charge in [-0.15, -0.1) is 0 Å². The van der Waals surface area contributed by atoms with E-state index >= 15 is 0 Å². The molecule has 1 aliphatic heterocycles. The van der Waals surface area contributed by atoms with Gasteiger partial charge in [-0.1, -0.05) is 0 Å². The van der Waals surface area contributed by atoms with Gasteiger partial charge in [0.1, 0.15) is 12.4 Å². The molecule has 7 heteroatoms. The molecule has 0 aliphatic carbocycles. The molecular formula is C12H9F3N2O2. The minimum absolute atomic E-state index is 0.0271. The van der Waals surface area contributed by atoms with E-state index in [1.165, 1.54) is 0 Å². The number of nitrogens with zero attached hydrogens (tertiary/aromatic N) is 1. The number of amides is 1. The Morgan fingerprint density at radius 3 is 2.84 bits per heavy atom. The van der Waals surface area contributed by atoms with Crippen molar-refractivity contribution in [3.8, 4) is 11.8 Å². The van der Waals surface area contributed by atoms with Crippen LogP contribution in [0.25, 0.3) is 0 Å². The third kappa shape index (κ3) is 2.96. The highest BCUT2D eigenvalue weighted by Gasteiger charge is 2.40. The lowest BCUT2D eigenvalue weighted by Crippen LogP contribution is -2.48. The van der Waals surface area contributed by atoms with Gasteiger partial charge in [-0.25, -0.2) is 0 Å². The van der Waals surface area contributed by atoms with Crippen LogP contribution in [0.15, 0.2) is 18.2 Å². The molecule has 0 spiro atoms. The van der Waals surface area contributed by atoms with Gasteiger partial charge in [0.15, 0.2) is 0 Å². The summed E-state index contributed by atoms with van der Waals surface area (Å²) < 4.78 is 41.6. The zero-order valence-corrected chi connectivity index (χ0v) is 9.62. The maximum absolute atomic E-state index is 12.1. The summed E-state index contributed by atoms with van der Waals surface area (Å²) in [6.45, 7) is -0.0271. The molecule has 0 fully saturated rings. The highest BCUT2D eigenvalue weighted by molar-refractivity contribution is 5.82. The van der Waals surface area contributed by atoms with Crippen molar-refractivity contribution in [2.75, 3.05) is 6.61 Å². The van der Waals surface area contributed by atoms with Crippen LogP contribution >= 0.6 is 0 Å². The van der Waals surface area contributed by atoms with Crippen molar-refractivity contribution in [3.05, 3.63) is 29.3 Å². The summed E-state index contributed by atoms with van der Waals surface area (Å²) in [5, 5.41) is 10.6. The Labute approximate surface area is 106 Å². The van der Waals surface area contributed by atoms with Crippen LogP contribution in [-0.4, -0.2) is 24.7 Å². The number of hydrogen-bond donors (Lipinski definition) is 1. The Balaban J connectivity index is 2.10. The molecule has 1 aromatic rings. The summed E-state index contributed by atoms with van der Waals surface area (Å²) in [4.78, 5) is 10.8. The second-order valence-corrected chi connectivity index (χ2v) is 4.12. The molecule has 4 nitrogen and oxygen atoms in total. The van der Waals surface area contributed by atoms with E-state index in [1.54, 1.807) is 18.2 Å². The van der Waals surface area contributed by atoms with Crippen molar-refractivity contribution in [2.45, 2.75) is 18.6 Å². The van der Waals surface area contributed by atoms with Crippen LogP contribution in [0.5, 0.6) is 5.75 Å². The number of carbonyl (C=O) groups excluding carboxylic acids is 1. The molecule has 0 aromatic heterocycles. The normalized spacial score (nSPS) is 17.9. The number of ether oxygens (including phenoxy) is 1. The van der Waals surface area contributed by atoms with Gasteiger partial charge < -0.3 is 10.1 Å². The highest BCUT2D eigenvalue weighted by Crippen LogP contribution is 2.26. The van der Waals surface area contributed by atoms with Gasteiger partial charge in [-0.05, 0) is 30.2 Å². The molecule has 0 saturated carbocycles. The molecule has 1 unspecified atom stereocenters. The fraction of sp³-hybridized carbons (Fsp3) is 0.333. The fourth-order valence-electron chi connectivity index (χ4n) is 1.82. The Morgan fingerprint density at radius 2 is 2.21 bits per heavy atom. The summed E-state index contributed by atoms with van der Waals surface area (Å²) in [5.41, 5.74) is 1.00. The topological polar surface area (TPSA) is 62.1 Å². The minimum atomic E-state index is -4.91. The lowest BCUT2D eigenvalue weighted by molar-refractivity contribution is -0.174. The van der Waals surface area contributed by atoms with Crippen molar-refractivity contribution in [3.63, 3.8) is 0 Å². The number of rotatable bonds is 1. The molecule has 1 N–H and O–H groups in total. The summed E-state index contributed by atoms with van der Waals surface area (Å²) in [5.74, 6) is -1.46. The summed E-state index contributed by atoms with van der Waals surface area (Å²) in [6.07, 6.45) is -4.71. The molecule has 2 rings (SSSR count). The summed E-state index contributed by atoms with van der Waals surface area (Å²) in [6, 6.07) is 5.88. The molecule has 1 aliphatic rings. The number of halogens is 3. The van der Waals surface area contributed by atoms with Crippen LogP contribution in [0.3, 0.4) is 0 Å². The van der Waals surface area contributed by atoms with Crippen molar-refractivity contribution < 1.29 is 22.7 Å². The molecule has 1 atom stereocenters. The van der Waals surface area contributed by atoms with Gasteiger partial charge >= 0.3 is 12.1 Å². The SMILES string of the molecule is N#Cc1ccc2c(c1)CC(NC(=O)C(F)(F)F)CO2. The standard InChI is InChI=1S/C12H9F3N2O2/c13-12(14,15)11(18)17-9-4-8-3-7(5-16)1-2-10(8)19-6-9/h1-3,9H,4,6H2,(H,17,18). The predicted molar refractivity (Wildman–Crippen MR) is 58.3 cm³/mol. The molecule has 0 saturated heterocycles. The summed E-state index contributed by atoms with van der Waals surface area (Å²) in [7, 11) is 0. The Kier molecular flexibility index (Phi) is 3.34. The Morgan fingerprint density at radius 1 is 1.47 bits per heavy atom. The molecule has 1 aromatic carbocycles. The van der Waals surface area contributed by atoms with Crippen molar-refractivity contribution in [2.24, 2.45) is 0 Å². The molecular weight excluding hydrogens is 261 g/mol. The van der Waals surface area contributed by atoms with Crippen molar-refractivity contribution in [1.82, 2.24) is 5.32 Å². The van der Waals surface area contributed by atoms with E-state index in [2.05, 4.69) is 0 Å². The number of nitrogens with one attached hydrogen (secondary N) is 1. The van der Waals surface area contributed by atoms with Crippen molar-refractivity contribution >= 4 is 5.91 Å². The first-order chi connectivity index (χ1) is 8.90. The number of carbonyl (C=O) groups is 1. The van der Waals surface area contributed by atoms with Gasteiger partial charge in [0.25, 0.3) is 0 Å². The van der Waals surface area contributed by atoms with Crippen LogP contribution in [0.4, 0.5) is 13.2 Å². The first kappa shape index (κ1) is 13.2. The number of fused-ring (bicyclic) bond motifs is 1. The smallest absolute Gasteiger partial charge is 0.471 e. The van der Waals surface area contributed by atoms with Gasteiger partial charge in [0.2, 0.25) is 0 Å². The average molecular weight is 270 g/mol. The Bertz CT molecular complexity index is 549. The second-order valence-electron chi connectivity index (χ2n) is 4.12. The number of hydrogen-bond acceptors (Lipinski definition) is 3. The third-order valence-corrected chi connectivity index (χ3v) is 2.69. The van der Waals surface area contributed by atoms with E-state index in [0.717, 1.165) is 0 Å². The van der Waals surface area contributed by atoms with E-state index in [9.17, 15) is 18.0 Å². The quantitative estimate of drug-likeness (QED) is 0.842. The molecule has 1 heterocycles. The second kappa shape index (κ2) is 4.80. The Hall–Kier alpha value is -2.23. The average Bonchev–Trinajstić information content (AvgIpc) is 2.36. The largest absolute Gasteiger partial charge is 0.491 e. The number of nitriles is 1. The van der Waals surface area contributed by atoms with E-state index < -0.39 is 18.1 Å². The molecule has 100 valence electrons.